The van der Waals surface area contributed by atoms with Crippen LogP contribution in [0.2, 0.25) is 0 Å². The highest BCUT2D eigenvalue weighted by Crippen LogP contribution is 2.20. The van der Waals surface area contributed by atoms with Crippen LogP contribution in [0.1, 0.15) is 10.5 Å². The molecule has 1 aliphatic rings. The summed E-state index contributed by atoms with van der Waals surface area (Å²) in [5, 5.41) is 0. The van der Waals surface area contributed by atoms with Crippen molar-refractivity contribution < 1.29 is 4.79 Å². The molecule has 2 rings (SSSR count). The monoisotopic (exact) mass is 277 g/mol. The van der Waals surface area contributed by atoms with Crippen molar-refractivity contribution in [2.75, 3.05) is 52.2 Å². The van der Waals surface area contributed by atoms with E-state index in [-0.39, 0.29) is 11.9 Å². The maximum atomic E-state index is 12.0. The van der Waals surface area contributed by atoms with Crippen molar-refractivity contribution in [3.63, 3.8) is 0 Å². The zero-order valence-electron chi connectivity index (χ0n) is 12.4. The van der Waals surface area contributed by atoms with Crippen LogP contribution in [0.25, 0.3) is 0 Å². The van der Waals surface area contributed by atoms with Crippen molar-refractivity contribution in [1.82, 2.24) is 14.8 Å². The van der Waals surface area contributed by atoms with Gasteiger partial charge in [0.15, 0.2) is 0 Å². The molecule has 2 N–H and O–H groups in total. The van der Waals surface area contributed by atoms with Gasteiger partial charge < -0.3 is 20.4 Å². The number of aromatic nitrogens is 1. The molecule has 2 heterocycles. The summed E-state index contributed by atoms with van der Waals surface area (Å²) in [7, 11) is 5.57. The zero-order valence-corrected chi connectivity index (χ0v) is 12.4. The highest BCUT2D eigenvalue weighted by Gasteiger charge is 2.25. The van der Waals surface area contributed by atoms with Crippen LogP contribution in [0.4, 0.5) is 5.69 Å². The van der Waals surface area contributed by atoms with Gasteiger partial charge in [-0.2, -0.15) is 0 Å². The van der Waals surface area contributed by atoms with E-state index in [0.29, 0.717) is 12.2 Å². The van der Waals surface area contributed by atoms with Crippen LogP contribution in [0.5, 0.6) is 0 Å². The first-order chi connectivity index (χ1) is 9.52. The molecule has 6 heteroatoms. The minimum Gasteiger partial charge on any atom is -0.365 e. The lowest BCUT2D eigenvalue weighted by Gasteiger charge is -2.41. The minimum atomic E-state index is -0.0784. The first kappa shape index (κ1) is 14.7. The van der Waals surface area contributed by atoms with E-state index in [0.717, 1.165) is 25.3 Å². The van der Waals surface area contributed by atoms with Crippen molar-refractivity contribution in [3.8, 4) is 0 Å². The zero-order chi connectivity index (χ0) is 14.7. The second kappa shape index (κ2) is 6.19. The van der Waals surface area contributed by atoms with Crippen molar-refractivity contribution >= 4 is 11.6 Å². The van der Waals surface area contributed by atoms with Gasteiger partial charge in [-0.25, -0.2) is 0 Å². The number of hydrogen-bond acceptors (Lipinski definition) is 5. The number of piperazine rings is 1. The fourth-order valence-electron chi connectivity index (χ4n) is 2.50. The smallest absolute Gasteiger partial charge is 0.272 e. The quantitative estimate of drug-likeness (QED) is 0.833. The largest absolute Gasteiger partial charge is 0.365 e. The molecule has 1 fully saturated rings. The maximum Gasteiger partial charge on any atom is 0.272 e. The van der Waals surface area contributed by atoms with Gasteiger partial charge in [-0.3, -0.25) is 9.78 Å². The van der Waals surface area contributed by atoms with Crippen LogP contribution < -0.4 is 10.6 Å². The Kier molecular flexibility index (Phi) is 4.57. The van der Waals surface area contributed by atoms with Crippen LogP contribution in [-0.4, -0.2) is 74.1 Å². The normalized spacial score (nSPS) is 20.0. The maximum absolute atomic E-state index is 12.0. The SMILES string of the molecule is CN1CCN(c2ccnc(C(=O)N(C)C)c2)C(CN)C1. The molecule has 20 heavy (non-hydrogen) atoms. The number of pyridine rings is 1. The van der Waals surface area contributed by atoms with E-state index in [9.17, 15) is 4.79 Å². The molecule has 0 aromatic carbocycles. The lowest BCUT2D eigenvalue weighted by molar-refractivity contribution is 0.0822. The van der Waals surface area contributed by atoms with Crippen molar-refractivity contribution in [1.29, 1.82) is 0 Å². The molecule has 1 atom stereocenters. The van der Waals surface area contributed by atoms with Gasteiger partial charge >= 0.3 is 0 Å². The molecule has 1 aromatic rings. The molecule has 1 unspecified atom stereocenters. The minimum absolute atomic E-state index is 0.0784. The summed E-state index contributed by atoms with van der Waals surface area (Å²) in [6.45, 7) is 3.45. The number of nitrogens with two attached hydrogens (primary N) is 1. The molecule has 1 aliphatic heterocycles. The Bertz CT molecular complexity index is 476. The Morgan fingerprint density at radius 1 is 1.50 bits per heavy atom. The summed E-state index contributed by atoms with van der Waals surface area (Å²) in [5.41, 5.74) is 7.38. The first-order valence-corrected chi connectivity index (χ1v) is 6.86. The summed E-state index contributed by atoms with van der Waals surface area (Å²) in [5.74, 6) is -0.0784. The third-order valence-corrected chi connectivity index (χ3v) is 3.66. The lowest BCUT2D eigenvalue weighted by atomic mass is 10.1. The second-order valence-corrected chi connectivity index (χ2v) is 5.44. The molecule has 6 nitrogen and oxygen atoms in total. The number of nitrogens with zero attached hydrogens (tertiary/aromatic N) is 4. The van der Waals surface area contributed by atoms with E-state index < -0.39 is 0 Å². The Labute approximate surface area is 120 Å². The Hall–Kier alpha value is -1.66. The van der Waals surface area contributed by atoms with Crippen LogP contribution >= 0.6 is 0 Å². The number of anilines is 1. The second-order valence-electron chi connectivity index (χ2n) is 5.44. The summed E-state index contributed by atoms with van der Waals surface area (Å²) in [6.07, 6.45) is 1.69. The Balaban J connectivity index is 2.24. The van der Waals surface area contributed by atoms with Crippen LogP contribution in [0.15, 0.2) is 18.3 Å². The van der Waals surface area contributed by atoms with E-state index in [4.69, 9.17) is 5.73 Å². The number of rotatable bonds is 3. The standard InChI is InChI=1S/C14H23N5O/c1-17(2)14(20)13-8-11(4-5-16-13)19-7-6-18(3)10-12(19)9-15/h4-5,8,12H,6-7,9-10,15H2,1-3H3. The van der Waals surface area contributed by atoms with Gasteiger partial charge in [0.25, 0.3) is 5.91 Å². The van der Waals surface area contributed by atoms with Gasteiger partial charge in [0, 0.05) is 52.2 Å². The Morgan fingerprint density at radius 2 is 2.25 bits per heavy atom. The first-order valence-electron chi connectivity index (χ1n) is 6.86. The number of carbonyl (C=O) groups excluding carboxylic acids is 1. The number of amides is 1. The van der Waals surface area contributed by atoms with Crippen molar-refractivity contribution in [2.45, 2.75) is 6.04 Å². The highest BCUT2D eigenvalue weighted by atomic mass is 16.2. The summed E-state index contributed by atoms with van der Waals surface area (Å²) in [6, 6.07) is 4.08. The van der Waals surface area contributed by atoms with E-state index in [2.05, 4.69) is 21.8 Å². The third kappa shape index (κ3) is 3.08. The third-order valence-electron chi connectivity index (χ3n) is 3.66. The van der Waals surface area contributed by atoms with Crippen LogP contribution in [0, 0.1) is 0 Å². The molecule has 0 saturated carbocycles. The van der Waals surface area contributed by atoms with Gasteiger partial charge in [-0.05, 0) is 19.2 Å². The average Bonchev–Trinajstić information content (AvgIpc) is 2.46. The summed E-state index contributed by atoms with van der Waals surface area (Å²) >= 11 is 0. The molecule has 0 radical (unpaired) electrons. The molecule has 1 saturated heterocycles. The van der Waals surface area contributed by atoms with Gasteiger partial charge in [-0.15, -0.1) is 0 Å². The Morgan fingerprint density at radius 3 is 2.90 bits per heavy atom. The number of carbonyl (C=O) groups is 1. The van der Waals surface area contributed by atoms with Crippen LogP contribution in [0.3, 0.4) is 0 Å². The molecular weight excluding hydrogens is 254 g/mol. The molecule has 0 aliphatic carbocycles. The molecular formula is C14H23N5O. The fraction of sp³-hybridized carbons (Fsp3) is 0.571. The summed E-state index contributed by atoms with van der Waals surface area (Å²) < 4.78 is 0. The number of hydrogen-bond donors (Lipinski definition) is 1. The van der Waals surface area contributed by atoms with E-state index in [1.807, 2.05) is 12.1 Å². The molecule has 0 bridgehead atoms. The van der Waals surface area contributed by atoms with Gasteiger partial charge in [0.2, 0.25) is 0 Å². The average molecular weight is 277 g/mol. The predicted molar refractivity (Wildman–Crippen MR) is 79.9 cm³/mol. The van der Waals surface area contributed by atoms with E-state index >= 15 is 0 Å². The summed E-state index contributed by atoms with van der Waals surface area (Å²) in [4.78, 5) is 22.2. The van der Waals surface area contributed by atoms with E-state index in [1.165, 1.54) is 4.90 Å². The molecule has 110 valence electrons. The van der Waals surface area contributed by atoms with E-state index in [1.54, 1.807) is 20.3 Å². The predicted octanol–water partition coefficient (Wildman–Crippen LogP) is -0.137. The van der Waals surface area contributed by atoms with Gasteiger partial charge in [-0.1, -0.05) is 0 Å². The van der Waals surface area contributed by atoms with Crippen molar-refractivity contribution in [2.24, 2.45) is 5.73 Å². The number of likely N-dealkylation sites (N-methyl/N-ethyl adjacent to an activating group) is 1. The lowest BCUT2D eigenvalue weighted by Crippen LogP contribution is -2.55. The molecule has 1 amide bonds. The fourth-order valence-corrected chi connectivity index (χ4v) is 2.50. The topological polar surface area (TPSA) is 65.7 Å². The molecule has 0 spiro atoms. The van der Waals surface area contributed by atoms with Crippen LogP contribution in [-0.2, 0) is 0 Å². The van der Waals surface area contributed by atoms with Gasteiger partial charge in [0.05, 0.1) is 6.04 Å². The van der Waals surface area contributed by atoms with Gasteiger partial charge in [0.1, 0.15) is 5.69 Å². The molecule has 1 aromatic heterocycles. The highest BCUT2D eigenvalue weighted by molar-refractivity contribution is 5.92. The van der Waals surface area contributed by atoms with Crippen molar-refractivity contribution in [3.05, 3.63) is 24.0 Å².